The van der Waals surface area contributed by atoms with Gasteiger partial charge in [-0.25, -0.2) is 4.39 Å². The van der Waals surface area contributed by atoms with E-state index in [4.69, 9.17) is 0 Å². The maximum Gasteiger partial charge on any atom is 0.152 e. The van der Waals surface area contributed by atoms with Crippen LogP contribution in [0.3, 0.4) is 0 Å². The van der Waals surface area contributed by atoms with Gasteiger partial charge in [0.1, 0.15) is 5.82 Å². The molecular weight excluding hydrogens is 193 g/mol. The zero-order valence-electron chi connectivity index (χ0n) is 7.85. The summed E-state index contributed by atoms with van der Waals surface area (Å²) in [5.41, 5.74) is 1.69. The van der Waals surface area contributed by atoms with Crippen molar-refractivity contribution >= 4 is 6.29 Å². The number of hydrogen-bond donors (Lipinski definition) is 0. The van der Waals surface area contributed by atoms with Crippen molar-refractivity contribution in [1.29, 1.82) is 0 Å². The second-order valence-corrected chi connectivity index (χ2v) is 3.09. The smallest absolute Gasteiger partial charge is 0.152 e. The van der Waals surface area contributed by atoms with Gasteiger partial charge in [0.2, 0.25) is 0 Å². The second-order valence-electron chi connectivity index (χ2n) is 3.09. The molecule has 1 heterocycles. The molecule has 0 aliphatic rings. The van der Waals surface area contributed by atoms with Crippen LogP contribution in [0.5, 0.6) is 0 Å². The summed E-state index contributed by atoms with van der Waals surface area (Å²) in [6, 6.07) is 8.10. The van der Waals surface area contributed by atoms with Gasteiger partial charge in [0.05, 0.1) is 5.56 Å². The van der Waals surface area contributed by atoms with Gasteiger partial charge in [-0.15, -0.1) is 0 Å². The molecular formula is C12H8FNO. The summed E-state index contributed by atoms with van der Waals surface area (Å²) in [5.74, 6) is -0.501. The van der Waals surface area contributed by atoms with Crippen molar-refractivity contribution in [3.63, 3.8) is 0 Å². The Morgan fingerprint density at radius 3 is 2.40 bits per heavy atom. The van der Waals surface area contributed by atoms with Crippen molar-refractivity contribution in [2.75, 3.05) is 0 Å². The van der Waals surface area contributed by atoms with Gasteiger partial charge >= 0.3 is 0 Å². The molecule has 0 N–H and O–H groups in total. The summed E-state index contributed by atoms with van der Waals surface area (Å²) in [4.78, 5) is 14.3. The lowest BCUT2D eigenvalue weighted by molar-refractivity contribution is 0.112. The fourth-order valence-corrected chi connectivity index (χ4v) is 1.35. The fraction of sp³-hybridized carbons (Fsp3) is 0. The first-order valence-electron chi connectivity index (χ1n) is 4.46. The fourth-order valence-electron chi connectivity index (χ4n) is 1.35. The minimum absolute atomic E-state index is 0.0767. The van der Waals surface area contributed by atoms with Gasteiger partial charge in [0.25, 0.3) is 0 Å². The minimum Gasteiger partial charge on any atom is -0.298 e. The Bertz CT molecular complexity index is 482. The van der Waals surface area contributed by atoms with Crippen LogP contribution < -0.4 is 0 Å². The first-order valence-corrected chi connectivity index (χ1v) is 4.46. The zero-order valence-corrected chi connectivity index (χ0v) is 7.85. The molecule has 3 heteroatoms. The molecule has 0 spiro atoms. The number of carbonyl (C=O) groups excluding carboxylic acids is 1. The Morgan fingerprint density at radius 1 is 1.07 bits per heavy atom. The van der Waals surface area contributed by atoms with E-state index < -0.39 is 5.82 Å². The van der Waals surface area contributed by atoms with Gasteiger partial charge < -0.3 is 0 Å². The normalized spacial score (nSPS) is 9.93. The Balaban J connectivity index is 2.47. The van der Waals surface area contributed by atoms with Crippen LogP contribution in [0.2, 0.25) is 0 Å². The van der Waals surface area contributed by atoms with Crippen LogP contribution in [0, 0.1) is 5.82 Å². The van der Waals surface area contributed by atoms with Crippen molar-refractivity contribution in [1.82, 2.24) is 4.98 Å². The van der Waals surface area contributed by atoms with E-state index >= 15 is 0 Å². The molecule has 2 aromatic rings. The number of rotatable bonds is 2. The summed E-state index contributed by atoms with van der Waals surface area (Å²) in [6.07, 6.45) is 3.79. The van der Waals surface area contributed by atoms with Crippen LogP contribution in [0.15, 0.2) is 42.7 Å². The van der Waals surface area contributed by atoms with Gasteiger partial charge in [0.15, 0.2) is 6.29 Å². The summed E-state index contributed by atoms with van der Waals surface area (Å²) in [6.45, 7) is 0. The first-order chi connectivity index (χ1) is 7.31. The van der Waals surface area contributed by atoms with Crippen LogP contribution in [0.4, 0.5) is 4.39 Å². The molecule has 74 valence electrons. The number of halogens is 1. The molecule has 0 radical (unpaired) electrons. The predicted octanol–water partition coefficient (Wildman–Crippen LogP) is 2.70. The van der Waals surface area contributed by atoms with Gasteiger partial charge in [-0.3, -0.25) is 9.78 Å². The molecule has 15 heavy (non-hydrogen) atoms. The third-order valence-corrected chi connectivity index (χ3v) is 2.14. The third kappa shape index (κ3) is 1.91. The Morgan fingerprint density at radius 2 is 1.80 bits per heavy atom. The van der Waals surface area contributed by atoms with Crippen LogP contribution in [0.1, 0.15) is 10.4 Å². The summed E-state index contributed by atoms with van der Waals surface area (Å²) in [5, 5.41) is 0. The predicted molar refractivity (Wildman–Crippen MR) is 55.0 cm³/mol. The van der Waals surface area contributed by atoms with Gasteiger partial charge in [0, 0.05) is 12.4 Å². The lowest BCUT2D eigenvalue weighted by Crippen LogP contribution is -1.88. The molecule has 1 aromatic carbocycles. The van der Waals surface area contributed by atoms with Crippen molar-refractivity contribution in [3.8, 4) is 11.1 Å². The maximum atomic E-state index is 13.3. The van der Waals surface area contributed by atoms with E-state index in [2.05, 4.69) is 4.98 Å². The minimum atomic E-state index is -0.501. The van der Waals surface area contributed by atoms with Crippen LogP contribution >= 0.6 is 0 Å². The number of carbonyl (C=O) groups is 1. The highest BCUT2D eigenvalue weighted by molar-refractivity contribution is 5.77. The summed E-state index contributed by atoms with van der Waals surface area (Å²) >= 11 is 0. The highest BCUT2D eigenvalue weighted by atomic mass is 19.1. The van der Waals surface area contributed by atoms with Crippen LogP contribution in [0.25, 0.3) is 11.1 Å². The Kier molecular flexibility index (Phi) is 2.54. The molecule has 2 nitrogen and oxygen atoms in total. The third-order valence-electron chi connectivity index (χ3n) is 2.14. The first kappa shape index (κ1) is 9.52. The number of aldehydes is 1. The maximum absolute atomic E-state index is 13.3. The number of hydrogen-bond acceptors (Lipinski definition) is 2. The molecule has 0 saturated heterocycles. The molecule has 0 aliphatic carbocycles. The van der Waals surface area contributed by atoms with E-state index in [9.17, 15) is 9.18 Å². The van der Waals surface area contributed by atoms with E-state index in [0.29, 0.717) is 6.29 Å². The Hall–Kier alpha value is -2.03. The molecule has 0 atom stereocenters. The van der Waals surface area contributed by atoms with E-state index in [1.807, 2.05) is 0 Å². The lowest BCUT2D eigenvalue weighted by atomic mass is 10.1. The molecule has 0 saturated carbocycles. The van der Waals surface area contributed by atoms with Crippen molar-refractivity contribution in [2.24, 2.45) is 0 Å². The number of pyridine rings is 1. The molecule has 0 unspecified atom stereocenters. The molecule has 0 amide bonds. The van der Waals surface area contributed by atoms with Crippen molar-refractivity contribution in [3.05, 3.63) is 54.1 Å². The summed E-state index contributed by atoms with van der Waals surface area (Å²) in [7, 11) is 0. The van der Waals surface area contributed by atoms with Crippen molar-refractivity contribution < 1.29 is 9.18 Å². The monoisotopic (exact) mass is 201 g/mol. The zero-order chi connectivity index (χ0) is 10.7. The molecule has 2 rings (SSSR count). The Labute approximate surface area is 86.4 Å². The SMILES string of the molecule is O=Cc1ccc(-c2ccncc2)cc1F. The molecule has 0 aliphatic heterocycles. The van der Waals surface area contributed by atoms with Crippen LogP contribution in [-0.4, -0.2) is 11.3 Å². The van der Waals surface area contributed by atoms with E-state index in [-0.39, 0.29) is 5.56 Å². The van der Waals surface area contributed by atoms with E-state index in [1.54, 1.807) is 30.6 Å². The average Bonchev–Trinajstić information content (AvgIpc) is 2.30. The highest BCUT2D eigenvalue weighted by Crippen LogP contribution is 2.20. The summed E-state index contributed by atoms with van der Waals surface area (Å²) < 4.78 is 13.3. The molecule has 1 aromatic heterocycles. The quantitative estimate of drug-likeness (QED) is 0.699. The number of nitrogens with zero attached hydrogens (tertiary/aromatic N) is 1. The number of benzene rings is 1. The highest BCUT2D eigenvalue weighted by Gasteiger charge is 2.03. The molecule has 0 fully saturated rings. The lowest BCUT2D eigenvalue weighted by Gasteiger charge is -2.01. The molecule has 0 bridgehead atoms. The van der Waals surface area contributed by atoms with E-state index in [0.717, 1.165) is 11.1 Å². The standard InChI is InChI=1S/C12H8FNO/c13-12-7-10(1-2-11(12)8-15)9-3-5-14-6-4-9/h1-8H. The second kappa shape index (κ2) is 4.00. The van der Waals surface area contributed by atoms with Crippen LogP contribution in [-0.2, 0) is 0 Å². The van der Waals surface area contributed by atoms with Gasteiger partial charge in [-0.05, 0) is 35.4 Å². The number of aromatic nitrogens is 1. The van der Waals surface area contributed by atoms with Gasteiger partial charge in [-0.1, -0.05) is 6.07 Å². The van der Waals surface area contributed by atoms with Gasteiger partial charge in [-0.2, -0.15) is 0 Å². The van der Waals surface area contributed by atoms with Crippen molar-refractivity contribution in [2.45, 2.75) is 0 Å². The average molecular weight is 201 g/mol. The topological polar surface area (TPSA) is 30.0 Å². The van der Waals surface area contributed by atoms with E-state index in [1.165, 1.54) is 12.1 Å². The largest absolute Gasteiger partial charge is 0.298 e.